The van der Waals surface area contributed by atoms with E-state index in [1.807, 2.05) is 4.90 Å². The molecule has 1 N–H and O–H groups in total. The summed E-state index contributed by atoms with van der Waals surface area (Å²) in [5.41, 5.74) is 0.157. The van der Waals surface area contributed by atoms with E-state index in [1.54, 1.807) is 6.92 Å². The van der Waals surface area contributed by atoms with Crippen molar-refractivity contribution < 1.29 is 14.7 Å². The molecule has 3 rings (SSSR count). The quantitative estimate of drug-likeness (QED) is 0.708. The van der Waals surface area contributed by atoms with Gasteiger partial charge in [-0.2, -0.15) is 10.2 Å². The van der Waals surface area contributed by atoms with Crippen LogP contribution in [-0.4, -0.2) is 45.6 Å². The predicted molar refractivity (Wildman–Crippen MR) is 97.1 cm³/mol. The summed E-state index contributed by atoms with van der Waals surface area (Å²) in [6, 6.07) is 0. The molecule has 0 saturated carbocycles. The summed E-state index contributed by atoms with van der Waals surface area (Å²) < 4.78 is 0. The molecule has 1 aromatic rings. The SMILES string of the molecule is C#CCCC1(CCC(=O)N2CCC(Cc3nc(C)c(C(=O)O)s3)C2)N=N1. The van der Waals surface area contributed by atoms with Crippen LogP contribution in [0.15, 0.2) is 10.2 Å². The smallest absolute Gasteiger partial charge is 0.347 e. The molecule has 26 heavy (non-hydrogen) atoms. The lowest BCUT2D eigenvalue weighted by molar-refractivity contribution is -0.130. The van der Waals surface area contributed by atoms with Crippen molar-refractivity contribution in [2.45, 2.75) is 51.1 Å². The Balaban J connectivity index is 1.46. The minimum Gasteiger partial charge on any atom is -0.477 e. The third kappa shape index (κ3) is 4.28. The first kappa shape index (κ1) is 18.5. The second-order valence-corrected chi connectivity index (χ2v) is 8.00. The van der Waals surface area contributed by atoms with E-state index < -0.39 is 11.6 Å². The molecule has 0 aromatic carbocycles. The highest BCUT2D eigenvalue weighted by Gasteiger charge is 2.40. The largest absolute Gasteiger partial charge is 0.477 e. The number of nitrogens with zero attached hydrogens (tertiary/aromatic N) is 4. The molecule has 0 bridgehead atoms. The van der Waals surface area contributed by atoms with Crippen molar-refractivity contribution in [2.75, 3.05) is 13.1 Å². The average Bonchev–Trinajstić information content (AvgIpc) is 3.04. The second kappa shape index (κ2) is 7.54. The second-order valence-electron chi connectivity index (χ2n) is 6.91. The van der Waals surface area contributed by atoms with Gasteiger partial charge in [-0.25, -0.2) is 9.78 Å². The molecule has 138 valence electrons. The highest BCUT2D eigenvalue weighted by Crippen LogP contribution is 2.38. The molecule has 8 heteroatoms. The average molecular weight is 374 g/mol. The number of carboxylic acids is 1. The summed E-state index contributed by atoms with van der Waals surface area (Å²) in [6.07, 6.45) is 9.32. The number of rotatable bonds is 8. The molecule has 0 spiro atoms. The van der Waals surface area contributed by atoms with Gasteiger partial charge in [0.25, 0.3) is 0 Å². The lowest BCUT2D eigenvalue weighted by Gasteiger charge is -2.17. The van der Waals surface area contributed by atoms with Gasteiger partial charge in [0.05, 0.1) is 10.7 Å². The number of carbonyl (C=O) groups excluding carboxylic acids is 1. The summed E-state index contributed by atoms with van der Waals surface area (Å²) in [5.74, 6) is 2.13. The summed E-state index contributed by atoms with van der Waals surface area (Å²) in [5, 5.41) is 18.1. The van der Waals surface area contributed by atoms with E-state index in [4.69, 9.17) is 11.5 Å². The third-order valence-electron chi connectivity index (χ3n) is 4.93. The molecule has 1 amide bonds. The van der Waals surface area contributed by atoms with Crippen LogP contribution in [0.25, 0.3) is 0 Å². The van der Waals surface area contributed by atoms with Crippen LogP contribution in [0.2, 0.25) is 0 Å². The fraction of sp³-hybridized carbons (Fsp3) is 0.611. The Labute approximate surface area is 156 Å². The molecule has 2 aliphatic heterocycles. The van der Waals surface area contributed by atoms with Crippen molar-refractivity contribution in [3.63, 3.8) is 0 Å². The van der Waals surface area contributed by atoms with Crippen molar-refractivity contribution >= 4 is 23.2 Å². The summed E-state index contributed by atoms with van der Waals surface area (Å²) in [6.45, 7) is 3.16. The Bertz CT molecular complexity index is 774. The maximum atomic E-state index is 12.5. The van der Waals surface area contributed by atoms with Gasteiger partial charge in [0, 0.05) is 45.2 Å². The molecule has 0 aliphatic carbocycles. The standard InChI is InChI=1S/C18H22N4O3S/c1-3-4-7-18(20-21-18)8-5-15(23)22-9-6-13(11-22)10-14-19-12(2)16(26-14)17(24)25/h1,13H,4-11H2,2H3,(H,24,25). The molecule has 1 aromatic heterocycles. The van der Waals surface area contributed by atoms with Crippen molar-refractivity contribution in [2.24, 2.45) is 16.1 Å². The fourth-order valence-electron chi connectivity index (χ4n) is 3.34. The lowest BCUT2D eigenvalue weighted by Crippen LogP contribution is -2.30. The molecule has 1 fully saturated rings. The number of likely N-dealkylation sites (tertiary alicyclic amines) is 1. The number of carbonyl (C=O) groups is 2. The van der Waals surface area contributed by atoms with Gasteiger partial charge in [-0.15, -0.1) is 23.7 Å². The summed E-state index contributed by atoms with van der Waals surface area (Å²) in [7, 11) is 0. The van der Waals surface area contributed by atoms with Crippen LogP contribution < -0.4 is 0 Å². The van der Waals surface area contributed by atoms with E-state index in [9.17, 15) is 9.59 Å². The highest BCUT2D eigenvalue weighted by atomic mass is 32.1. The molecule has 1 atom stereocenters. The molecule has 3 heterocycles. The number of aromatic nitrogens is 1. The van der Waals surface area contributed by atoms with Gasteiger partial charge in [0.2, 0.25) is 5.91 Å². The molecular weight excluding hydrogens is 352 g/mol. The zero-order chi connectivity index (χ0) is 18.7. The Hall–Kier alpha value is -2.27. The Kier molecular flexibility index (Phi) is 5.37. The molecular formula is C18H22N4O3S. The van der Waals surface area contributed by atoms with Gasteiger partial charge in [-0.05, 0) is 19.3 Å². The van der Waals surface area contributed by atoms with Crippen LogP contribution in [0.1, 0.15) is 52.5 Å². The van der Waals surface area contributed by atoms with Crippen molar-refractivity contribution in [1.82, 2.24) is 9.88 Å². The maximum absolute atomic E-state index is 12.5. The van der Waals surface area contributed by atoms with Crippen LogP contribution in [-0.2, 0) is 11.2 Å². The number of aryl methyl sites for hydroxylation is 1. The summed E-state index contributed by atoms with van der Waals surface area (Å²) >= 11 is 1.24. The van der Waals surface area contributed by atoms with Gasteiger partial charge >= 0.3 is 5.97 Å². The van der Waals surface area contributed by atoms with Crippen LogP contribution in [0, 0.1) is 25.2 Å². The van der Waals surface area contributed by atoms with Crippen LogP contribution in [0.3, 0.4) is 0 Å². The van der Waals surface area contributed by atoms with E-state index in [-0.39, 0.29) is 5.91 Å². The number of carboxylic acid groups (broad SMARTS) is 1. The van der Waals surface area contributed by atoms with Crippen LogP contribution in [0.5, 0.6) is 0 Å². The topological polar surface area (TPSA) is 95.2 Å². The maximum Gasteiger partial charge on any atom is 0.347 e. The summed E-state index contributed by atoms with van der Waals surface area (Å²) in [4.78, 5) is 30.1. The molecule has 1 unspecified atom stereocenters. The van der Waals surface area contributed by atoms with Crippen LogP contribution >= 0.6 is 11.3 Å². The number of hydrogen-bond donors (Lipinski definition) is 1. The molecule has 7 nitrogen and oxygen atoms in total. The number of hydrogen-bond acceptors (Lipinski definition) is 6. The van der Waals surface area contributed by atoms with Crippen molar-refractivity contribution in [1.29, 1.82) is 0 Å². The number of amides is 1. The van der Waals surface area contributed by atoms with Gasteiger partial charge in [-0.1, -0.05) is 0 Å². The van der Waals surface area contributed by atoms with Crippen LogP contribution in [0.4, 0.5) is 0 Å². The van der Waals surface area contributed by atoms with E-state index >= 15 is 0 Å². The normalized spacial score (nSPS) is 20.2. The minimum absolute atomic E-state index is 0.131. The molecule has 2 aliphatic rings. The lowest BCUT2D eigenvalue weighted by atomic mass is 10.0. The minimum atomic E-state index is -0.927. The fourth-order valence-corrected chi connectivity index (χ4v) is 4.36. The monoisotopic (exact) mass is 374 g/mol. The molecule has 0 radical (unpaired) electrons. The first-order valence-corrected chi connectivity index (χ1v) is 9.59. The van der Waals surface area contributed by atoms with Crippen molar-refractivity contribution in [3.05, 3.63) is 15.6 Å². The highest BCUT2D eigenvalue weighted by molar-refractivity contribution is 7.13. The predicted octanol–water partition coefficient (Wildman–Crippen LogP) is 2.90. The van der Waals surface area contributed by atoms with Gasteiger partial charge < -0.3 is 10.0 Å². The van der Waals surface area contributed by atoms with E-state index in [1.165, 1.54) is 11.3 Å². The van der Waals surface area contributed by atoms with E-state index in [0.29, 0.717) is 48.7 Å². The third-order valence-corrected chi connectivity index (χ3v) is 6.10. The van der Waals surface area contributed by atoms with E-state index in [2.05, 4.69) is 21.1 Å². The van der Waals surface area contributed by atoms with Gasteiger partial charge in [-0.3, -0.25) is 4.79 Å². The molecule has 1 saturated heterocycles. The zero-order valence-electron chi connectivity index (χ0n) is 14.8. The number of terminal acetylenes is 1. The first-order chi connectivity index (χ1) is 12.4. The first-order valence-electron chi connectivity index (χ1n) is 8.77. The van der Waals surface area contributed by atoms with E-state index in [0.717, 1.165) is 24.4 Å². The Morgan fingerprint density at radius 1 is 1.42 bits per heavy atom. The zero-order valence-corrected chi connectivity index (χ0v) is 15.6. The van der Waals surface area contributed by atoms with Gasteiger partial charge in [0.1, 0.15) is 4.88 Å². The number of thiazole rings is 1. The van der Waals surface area contributed by atoms with Crippen molar-refractivity contribution in [3.8, 4) is 12.3 Å². The Morgan fingerprint density at radius 3 is 2.81 bits per heavy atom. The Morgan fingerprint density at radius 2 is 2.19 bits per heavy atom. The number of aromatic carboxylic acids is 1. The van der Waals surface area contributed by atoms with Gasteiger partial charge in [0.15, 0.2) is 5.66 Å².